The zero-order valence-electron chi connectivity index (χ0n) is 19.5. The molecule has 0 aromatic heterocycles. The number of nitrogens with one attached hydrogen (secondary N) is 1. The number of methoxy groups -OCH3 is 2. The maximum atomic E-state index is 13.2. The van der Waals surface area contributed by atoms with Gasteiger partial charge in [-0.25, -0.2) is 9.69 Å². The first kappa shape index (κ1) is 26.3. The molecule has 0 aliphatic carbocycles. The van der Waals surface area contributed by atoms with Crippen molar-refractivity contribution in [2.24, 2.45) is 0 Å². The first-order valence-electron chi connectivity index (χ1n) is 10.7. The van der Waals surface area contributed by atoms with Gasteiger partial charge in [0.1, 0.15) is 17.9 Å². The summed E-state index contributed by atoms with van der Waals surface area (Å²) in [6.45, 7) is 0.188. The Morgan fingerprint density at radius 1 is 0.892 bits per heavy atom. The Hall–Kier alpha value is -3.72. The summed E-state index contributed by atoms with van der Waals surface area (Å²) in [5.41, 5.74) is 1.12. The lowest BCUT2D eigenvalue weighted by Crippen LogP contribution is -2.54. The number of halogens is 3. The van der Waals surface area contributed by atoms with Crippen LogP contribution in [-0.2, 0) is 16.2 Å². The van der Waals surface area contributed by atoms with E-state index in [0.717, 1.165) is 10.5 Å². The van der Waals surface area contributed by atoms with E-state index < -0.39 is 17.8 Å². The fourth-order valence-electron chi connectivity index (χ4n) is 3.57. The van der Waals surface area contributed by atoms with Gasteiger partial charge in [-0.1, -0.05) is 40.9 Å². The summed E-state index contributed by atoms with van der Waals surface area (Å²) >= 11 is 18.3. The number of amides is 4. The predicted octanol–water partition coefficient (Wildman–Crippen LogP) is 5.91. The van der Waals surface area contributed by atoms with Crippen LogP contribution in [0.5, 0.6) is 17.2 Å². The first-order valence-corrected chi connectivity index (χ1v) is 11.8. The van der Waals surface area contributed by atoms with E-state index in [1.165, 1.54) is 38.5 Å². The highest BCUT2D eigenvalue weighted by Crippen LogP contribution is 2.37. The van der Waals surface area contributed by atoms with Crippen molar-refractivity contribution in [2.45, 2.75) is 6.61 Å². The second kappa shape index (κ2) is 11.1. The number of urea groups is 1. The summed E-state index contributed by atoms with van der Waals surface area (Å²) in [5.74, 6) is -0.540. The van der Waals surface area contributed by atoms with Crippen LogP contribution in [-0.4, -0.2) is 32.1 Å². The normalized spacial score (nSPS) is 14.6. The van der Waals surface area contributed by atoms with E-state index in [-0.39, 0.29) is 22.9 Å². The molecule has 11 heteroatoms. The van der Waals surface area contributed by atoms with Crippen LogP contribution in [0.25, 0.3) is 6.08 Å². The minimum absolute atomic E-state index is 0.188. The largest absolute Gasteiger partial charge is 0.493 e. The van der Waals surface area contributed by atoms with E-state index >= 15 is 0 Å². The van der Waals surface area contributed by atoms with Crippen LogP contribution in [0.1, 0.15) is 11.1 Å². The molecule has 1 aliphatic heterocycles. The fourth-order valence-corrected chi connectivity index (χ4v) is 4.33. The van der Waals surface area contributed by atoms with Gasteiger partial charge in [-0.3, -0.25) is 14.9 Å². The second-order valence-corrected chi connectivity index (χ2v) is 8.97. The van der Waals surface area contributed by atoms with Crippen molar-refractivity contribution in [1.82, 2.24) is 5.32 Å². The van der Waals surface area contributed by atoms with E-state index in [4.69, 9.17) is 49.0 Å². The van der Waals surface area contributed by atoms with Gasteiger partial charge in [-0.15, -0.1) is 0 Å². The van der Waals surface area contributed by atoms with E-state index in [0.29, 0.717) is 32.9 Å². The van der Waals surface area contributed by atoms with Gasteiger partial charge in [-0.2, -0.15) is 0 Å². The molecule has 8 nitrogen and oxygen atoms in total. The lowest BCUT2D eigenvalue weighted by Gasteiger charge is -2.26. The maximum absolute atomic E-state index is 13.2. The Morgan fingerprint density at radius 3 is 2.27 bits per heavy atom. The third-order valence-electron chi connectivity index (χ3n) is 5.37. The minimum Gasteiger partial charge on any atom is -0.493 e. The molecule has 0 spiro atoms. The number of barbiturate groups is 1. The highest BCUT2D eigenvalue weighted by atomic mass is 35.5. The van der Waals surface area contributed by atoms with Crippen LogP contribution >= 0.6 is 34.8 Å². The highest BCUT2D eigenvalue weighted by molar-refractivity contribution is 6.39. The topological polar surface area (TPSA) is 94.2 Å². The molecule has 0 atom stereocenters. The summed E-state index contributed by atoms with van der Waals surface area (Å²) in [4.78, 5) is 39.1. The minimum atomic E-state index is -0.876. The number of imide groups is 2. The monoisotopic (exact) mass is 560 g/mol. The lowest BCUT2D eigenvalue weighted by molar-refractivity contribution is -0.122. The number of benzene rings is 3. The molecule has 190 valence electrons. The fraction of sp³-hybridized carbons (Fsp3) is 0.115. The average Bonchev–Trinajstić information content (AvgIpc) is 2.86. The molecule has 1 N–H and O–H groups in total. The molecule has 1 saturated heterocycles. The smallest absolute Gasteiger partial charge is 0.335 e. The number of carbonyl (C=O) groups is 3. The van der Waals surface area contributed by atoms with Crippen LogP contribution in [0.4, 0.5) is 10.5 Å². The molecular weight excluding hydrogens is 543 g/mol. The number of hydrogen-bond donors (Lipinski definition) is 1. The van der Waals surface area contributed by atoms with Crippen molar-refractivity contribution in [2.75, 3.05) is 19.1 Å². The highest BCUT2D eigenvalue weighted by Gasteiger charge is 2.37. The zero-order valence-corrected chi connectivity index (χ0v) is 21.8. The van der Waals surface area contributed by atoms with Gasteiger partial charge in [-0.05, 0) is 60.2 Å². The van der Waals surface area contributed by atoms with Crippen LogP contribution < -0.4 is 24.4 Å². The lowest BCUT2D eigenvalue weighted by atomic mass is 10.1. The molecule has 0 unspecified atom stereocenters. The Bertz CT molecular complexity index is 1420. The first-order chi connectivity index (χ1) is 17.7. The molecule has 1 aliphatic rings. The molecule has 4 rings (SSSR count). The van der Waals surface area contributed by atoms with Gasteiger partial charge in [0.2, 0.25) is 0 Å². The molecule has 1 fully saturated rings. The predicted molar refractivity (Wildman–Crippen MR) is 141 cm³/mol. The van der Waals surface area contributed by atoms with Crippen molar-refractivity contribution < 1.29 is 28.6 Å². The van der Waals surface area contributed by atoms with Crippen molar-refractivity contribution in [3.8, 4) is 17.2 Å². The van der Waals surface area contributed by atoms with Crippen molar-refractivity contribution in [3.63, 3.8) is 0 Å². The molecule has 4 amide bonds. The molecular formula is C26H19Cl3N2O6. The Kier molecular flexibility index (Phi) is 7.92. The number of hydrogen-bond acceptors (Lipinski definition) is 6. The zero-order chi connectivity index (χ0) is 26.7. The summed E-state index contributed by atoms with van der Waals surface area (Å²) in [6.07, 6.45) is 1.32. The van der Waals surface area contributed by atoms with Gasteiger partial charge in [0.05, 0.1) is 24.9 Å². The summed E-state index contributed by atoms with van der Waals surface area (Å²) < 4.78 is 16.2. The molecule has 1 heterocycles. The van der Waals surface area contributed by atoms with Crippen molar-refractivity contribution >= 4 is 64.4 Å². The SMILES string of the molecule is COc1cc(/C=C2\C(=O)NC(=O)N(c3ccc(OCc4ccc(Cl)cc4Cl)cc3)C2=O)cc(Cl)c1OC. The summed E-state index contributed by atoms with van der Waals surface area (Å²) in [7, 11) is 2.87. The van der Waals surface area contributed by atoms with E-state index in [2.05, 4.69) is 5.32 Å². The molecule has 0 radical (unpaired) electrons. The van der Waals surface area contributed by atoms with E-state index in [1.807, 2.05) is 0 Å². The third kappa shape index (κ3) is 5.67. The standard InChI is InChI=1S/C26H19Cl3N2O6/c1-35-22-11-14(10-21(29)23(22)36-2)9-19-24(32)30-26(34)31(25(19)33)17-5-7-18(8-6-17)37-13-15-3-4-16(27)12-20(15)28/h3-12H,13H2,1-2H3,(H,30,32,34)/b19-9+. The molecule has 3 aromatic rings. The van der Waals surface area contributed by atoms with Gasteiger partial charge < -0.3 is 14.2 Å². The molecule has 3 aromatic carbocycles. The van der Waals surface area contributed by atoms with Gasteiger partial charge in [0.15, 0.2) is 11.5 Å². The van der Waals surface area contributed by atoms with Gasteiger partial charge >= 0.3 is 6.03 Å². The van der Waals surface area contributed by atoms with Crippen LogP contribution in [0.15, 0.2) is 60.2 Å². The Morgan fingerprint density at radius 2 is 1.62 bits per heavy atom. The van der Waals surface area contributed by atoms with Gasteiger partial charge in [0.25, 0.3) is 11.8 Å². The Balaban J connectivity index is 1.56. The molecule has 37 heavy (non-hydrogen) atoms. The van der Waals surface area contributed by atoms with Gasteiger partial charge in [0, 0.05) is 15.6 Å². The number of rotatable bonds is 7. The number of ether oxygens (including phenoxy) is 3. The number of anilines is 1. The van der Waals surface area contributed by atoms with Crippen molar-refractivity contribution in [1.29, 1.82) is 0 Å². The number of nitrogens with zero attached hydrogens (tertiary/aromatic N) is 1. The van der Waals surface area contributed by atoms with Crippen LogP contribution in [0.3, 0.4) is 0 Å². The van der Waals surface area contributed by atoms with E-state index in [9.17, 15) is 14.4 Å². The average molecular weight is 562 g/mol. The van der Waals surface area contributed by atoms with E-state index in [1.54, 1.807) is 36.4 Å². The molecule has 0 bridgehead atoms. The molecule has 0 saturated carbocycles. The van der Waals surface area contributed by atoms with Crippen molar-refractivity contribution in [3.05, 3.63) is 86.4 Å². The quantitative estimate of drug-likeness (QED) is 0.285. The number of carbonyl (C=O) groups excluding carboxylic acids is 3. The third-order valence-corrected chi connectivity index (χ3v) is 6.24. The Labute approximate surface area is 227 Å². The summed E-state index contributed by atoms with van der Waals surface area (Å²) in [5, 5.41) is 3.39. The summed E-state index contributed by atoms with van der Waals surface area (Å²) in [6, 6.07) is 13.5. The second-order valence-electron chi connectivity index (χ2n) is 7.71. The van der Waals surface area contributed by atoms with Crippen LogP contribution in [0.2, 0.25) is 15.1 Å². The van der Waals surface area contributed by atoms with Crippen LogP contribution in [0, 0.1) is 0 Å². The maximum Gasteiger partial charge on any atom is 0.335 e.